The van der Waals surface area contributed by atoms with E-state index in [0.29, 0.717) is 11.4 Å². The zero-order valence-electron chi connectivity index (χ0n) is 17.4. The van der Waals surface area contributed by atoms with Crippen LogP contribution in [0.5, 0.6) is 0 Å². The van der Waals surface area contributed by atoms with E-state index in [1.165, 1.54) is 6.07 Å². The molecular formula is C22H28N4O4. The van der Waals surface area contributed by atoms with Crippen molar-refractivity contribution in [2.45, 2.75) is 33.5 Å². The monoisotopic (exact) mass is 412 g/mol. The van der Waals surface area contributed by atoms with E-state index in [-0.39, 0.29) is 24.2 Å². The number of nitrogens with zero attached hydrogens (tertiary/aromatic N) is 1. The minimum absolute atomic E-state index is 0.0325. The first-order chi connectivity index (χ1) is 14.5. The van der Waals surface area contributed by atoms with Gasteiger partial charge in [0, 0.05) is 29.6 Å². The second-order valence-electron chi connectivity index (χ2n) is 6.43. The molecule has 2 heterocycles. The van der Waals surface area contributed by atoms with E-state index < -0.39 is 24.2 Å². The van der Waals surface area contributed by atoms with Crippen LogP contribution >= 0.6 is 0 Å². The van der Waals surface area contributed by atoms with Gasteiger partial charge in [0.1, 0.15) is 0 Å². The third kappa shape index (κ3) is 4.91. The Kier molecular flexibility index (Phi) is 8.23. The lowest BCUT2D eigenvalue weighted by Gasteiger charge is -2.16. The SMILES string of the molecule is CC.Cc1cc2ccccc2nc1-c1cc([C@H](O)C(=O)NCCN)c(CO)c(=O)[nH]1. The van der Waals surface area contributed by atoms with E-state index in [9.17, 15) is 19.8 Å². The predicted octanol–water partition coefficient (Wildman–Crippen LogP) is 1.53. The van der Waals surface area contributed by atoms with Gasteiger partial charge in [0.15, 0.2) is 6.10 Å². The van der Waals surface area contributed by atoms with Crippen LogP contribution in [-0.4, -0.2) is 39.2 Å². The topological polar surface area (TPSA) is 141 Å². The van der Waals surface area contributed by atoms with Gasteiger partial charge in [-0.2, -0.15) is 0 Å². The van der Waals surface area contributed by atoms with Gasteiger partial charge in [-0.3, -0.25) is 9.59 Å². The summed E-state index contributed by atoms with van der Waals surface area (Å²) in [6, 6.07) is 11.0. The molecule has 6 N–H and O–H groups in total. The van der Waals surface area contributed by atoms with Gasteiger partial charge in [-0.1, -0.05) is 32.0 Å². The third-order valence-corrected chi connectivity index (χ3v) is 4.48. The molecule has 1 amide bonds. The van der Waals surface area contributed by atoms with E-state index in [1.807, 2.05) is 51.1 Å². The Hall–Kier alpha value is -3.07. The molecule has 0 aliphatic heterocycles. The standard InChI is InChI=1S/C20H22N4O4.C2H6/c1-11-8-12-4-2-3-5-15(12)23-17(11)16-9-13(14(10-25)19(27)24-16)18(26)20(28)22-7-6-21;1-2/h2-5,8-9,18,25-26H,6-7,10,21H2,1H3,(H,22,28)(H,24,27);1-2H3/t18-;/m0./s1. The van der Waals surface area contributed by atoms with Gasteiger partial charge < -0.3 is 26.2 Å². The van der Waals surface area contributed by atoms with Crippen LogP contribution < -0.4 is 16.6 Å². The third-order valence-electron chi connectivity index (χ3n) is 4.48. The molecule has 0 fully saturated rings. The number of carbonyl (C=O) groups is 1. The Morgan fingerprint density at radius 2 is 1.97 bits per heavy atom. The van der Waals surface area contributed by atoms with Crippen molar-refractivity contribution >= 4 is 16.8 Å². The number of benzene rings is 1. The van der Waals surface area contributed by atoms with E-state index >= 15 is 0 Å². The van der Waals surface area contributed by atoms with Gasteiger partial charge in [-0.25, -0.2) is 4.98 Å². The molecule has 30 heavy (non-hydrogen) atoms. The van der Waals surface area contributed by atoms with Crippen LogP contribution in [0.1, 0.15) is 36.6 Å². The summed E-state index contributed by atoms with van der Waals surface area (Å²) in [6.45, 7) is 5.64. The van der Waals surface area contributed by atoms with E-state index in [4.69, 9.17) is 5.73 Å². The highest BCUT2D eigenvalue weighted by molar-refractivity contribution is 5.84. The van der Waals surface area contributed by atoms with Gasteiger partial charge in [0.05, 0.1) is 23.5 Å². The summed E-state index contributed by atoms with van der Waals surface area (Å²) in [5.41, 5.74) is 7.18. The zero-order chi connectivity index (χ0) is 22.3. The molecule has 160 valence electrons. The molecule has 0 radical (unpaired) electrons. The van der Waals surface area contributed by atoms with Crippen molar-refractivity contribution in [2.24, 2.45) is 5.73 Å². The molecule has 0 saturated carbocycles. The van der Waals surface area contributed by atoms with E-state index in [2.05, 4.69) is 15.3 Å². The van der Waals surface area contributed by atoms with Crippen molar-refractivity contribution in [1.29, 1.82) is 0 Å². The fourth-order valence-corrected chi connectivity index (χ4v) is 3.07. The number of aromatic amines is 1. The Morgan fingerprint density at radius 3 is 2.63 bits per heavy atom. The number of para-hydroxylation sites is 1. The summed E-state index contributed by atoms with van der Waals surface area (Å²) >= 11 is 0. The Morgan fingerprint density at radius 1 is 1.27 bits per heavy atom. The quantitative estimate of drug-likeness (QED) is 0.416. The number of H-pyrrole nitrogens is 1. The Labute approximate surface area is 174 Å². The van der Waals surface area contributed by atoms with Crippen LogP contribution in [0.2, 0.25) is 0 Å². The number of nitrogens with one attached hydrogen (secondary N) is 2. The molecule has 1 aromatic carbocycles. The number of aliphatic hydroxyl groups excluding tert-OH is 2. The first kappa shape index (κ1) is 23.2. The first-order valence-electron chi connectivity index (χ1n) is 9.85. The average molecular weight is 412 g/mol. The number of hydrogen-bond donors (Lipinski definition) is 5. The molecule has 1 atom stereocenters. The first-order valence-corrected chi connectivity index (χ1v) is 9.85. The predicted molar refractivity (Wildman–Crippen MR) is 117 cm³/mol. The number of aromatic nitrogens is 2. The van der Waals surface area contributed by atoms with Crippen LogP contribution in [-0.2, 0) is 11.4 Å². The lowest BCUT2D eigenvalue weighted by Crippen LogP contribution is -2.34. The summed E-state index contributed by atoms with van der Waals surface area (Å²) in [5, 5.41) is 23.4. The van der Waals surface area contributed by atoms with Gasteiger partial charge in [0.25, 0.3) is 11.5 Å². The molecule has 0 saturated heterocycles. The van der Waals surface area contributed by atoms with E-state index in [0.717, 1.165) is 16.5 Å². The zero-order valence-corrected chi connectivity index (χ0v) is 17.4. The van der Waals surface area contributed by atoms with Crippen molar-refractivity contribution in [3.8, 4) is 11.4 Å². The van der Waals surface area contributed by atoms with Crippen molar-refractivity contribution in [3.05, 3.63) is 63.4 Å². The number of fused-ring (bicyclic) bond motifs is 1. The van der Waals surface area contributed by atoms with Crippen molar-refractivity contribution in [1.82, 2.24) is 15.3 Å². The second kappa shape index (κ2) is 10.6. The van der Waals surface area contributed by atoms with Crippen LogP contribution in [0.25, 0.3) is 22.3 Å². The number of amides is 1. The minimum atomic E-state index is -1.62. The van der Waals surface area contributed by atoms with Crippen molar-refractivity contribution in [2.75, 3.05) is 13.1 Å². The minimum Gasteiger partial charge on any atom is -0.391 e. The van der Waals surface area contributed by atoms with Gasteiger partial charge in [0.2, 0.25) is 0 Å². The number of aryl methyl sites for hydroxylation is 1. The summed E-state index contributed by atoms with van der Waals surface area (Å²) < 4.78 is 0. The number of nitrogens with two attached hydrogens (primary N) is 1. The Balaban J connectivity index is 0.00000155. The van der Waals surface area contributed by atoms with Gasteiger partial charge in [-0.05, 0) is 30.7 Å². The molecule has 0 aliphatic rings. The summed E-state index contributed by atoms with van der Waals surface area (Å²) in [4.78, 5) is 31.9. The molecule has 3 rings (SSSR count). The maximum atomic E-state index is 12.5. The Bertz CT molecular complexity index is 1080. The molecule has 8 heteroatoms. The molecule has 0 bridgehead atoms. The normalized spacial score (nSPS) is 11.5. The summed E-state index contributed by atoms with van der Waals surface area (Å²) in [5.74, 6) is -0.695. The van der Waals surface area contributed by atoms with Crippen LogP contribution in [0, 0.1) is 6.92 Å². The van der Waals surface area contributed by atoms with Gasteiger partial charge in [-0.15, -0.1) is 0 Å². The maximum Gasteiger partial charge on any atom is 0.254 e. The van der Waals surface area contributed by atoms with Gasteiger partial charge >= 0.3 is 0 Å². The molecule has 2 aromatic heterocycles. The lowest BCUT2D eigenvalue weighted by molar-refractivity contribution is -0.129. The molecule has 8 nitrogen and oxygen atoms in total. The second-order valence-corrected chi connectivity index (χ2v) is 6.43. The highest BCUT2D eigenvalue weighted by Gasteiger charge is 2.23. The molecule has 3 aromatic rings. The van der Waals surface area contributed by atoms with Crippen molar-refractivity contribution in [3.63, 3.8) is 0 Å². The fraction of sp³-hybridized carbons (Fsp3) is 0.318. The number of aliphatic hydroxyl groups is 2. The largest absolute Gasteiger partial charge is 0.391 e. The van der Waals surface area contributed by atoms with E-state index in [1.54, 1.807) is 0 Å². The lowest BCUT2D eigenvalue weighted by atomic mass is 10.00. The highest BCUT2D eigenvalue weighted by Crippen LogP contribution is 2.26. The van der Waals surface area contributed by atoms with Crippen LogP contribution in [0.3, 0.4) is 0 Å². The number of pyridine rings is 2. The smallest absolute Gasteiger partial charge is 0.254 e. The number of carbonyl (C=O) groups excluding carboxylic acids is 1. The molecular weight excluding hydrogens is 384 g/mol. The summed E-state index contributed by atoms with van der Waals surface area (Å²) in [7, 11) is 0. The number of hydrogen-bond acceptors (Lipinski definition) is 6. The molecule has 0 unspecified atom stereocenters. The fourth-order valence-electron chi connectivity index (χ4n) is 3.07. The van der Waals surface area contributed by atoms with Crippen LogP contribution in [0.4, 0.5) is 0 Å². The number of rotatable bonds is 6. The average Bonchev–Trinajstić information content (AvgIpc) is 2.77. The summed E-state index contributed by atoms with van der Waals surface area (Å²) in [6.07, 6.45) is -1.62. The van der Waals surface area contributed by atoms with Crippen molar-refractivity contribution < 1.29 is 15.0 Å². The van der Waals surface area contributed by atoms with Crippen LogP contribution in [0.15, 0.2) is 41.2 Å². The highest BCUT2D eigenvalue weighted by atomic mass is 16.3. The maximum absolute atomic E-state index is 12.5. The molecule has 0 aliphatic carbocycles. The molecule has 0 spiro atoms.